The van der Waals surface area contributed by atoms with E-state index < -0.39 is 0 Å². The van der Waals surface area contributed by atoms with Gasteiger partial charge < -0.3 is 15.4 Å². The lowest BCUT2D eigenvalue weighted by Gasteiger charge is -2.31. The Bertz CT molecular complexity index is 1320. The predicted octanol–water partition coefficient (Wildman–Crippen LogP) is 7.95. The zero-order valence-electron chi connectivity index (χ0n) is 24.1. The number of nitrogens with one attached hydrogen (secondary N) is 2. The minimum Gasteiger partial charge on any atom is -0.377 e. The van der Waals surface area contributed by atoms with Crippen LogP contribution in [-0.2, 0) is 9.53 Å². The zero-order valence-corrected chi connectivity index (χ0v) is 24.1. The average Bonchev–Trinajstić information content (AvgIpc) is 2.97. The molecule has 0 saturated heterocycles. The standard InChI is InChI=1S/C33H42N4O3.3H2/c1-21-22(2)32-26(17-29(21)25-12-14-40-15-13-25)16-27(19-35-32)33(39)37-30-18-28(20-34-23(30)3)36-31(38)11-7-10-24-8-5-4-6-9-24;;;/h12,16-22,24H,4-11,13-15H2,1-3H3,(H,36,38)(H,37,39);3*1H. The molecule has 1 saturated carbocycles. The van der Waals surface area contributed by atoms with Crippen molar-refractivity contribution in [3.63, 3.8) is 0 Å². The summed E-state index contributed by atoms with van der Waals surface area (Å²) in [5, 5.41) is 5.95. The summed E-state index contributed by atoms with van der Waals surface area (Å²) in [5.41, 5.74) is 7.00. The Morgan fingerprint density at radius 3 is 2.65 bits per heavy atom. The lowest BCUT2D eigenvalue weighted by molar-refractivity contribution is -0.116. The maximum atomic E-state index is 13.3. The van der Waals surface area contributed by atoms with Gasteiger partial charge in [-0.05, 0) is 72.9 Å². The largest absolute Gasteiger partial charge is 0.377 e. The second-order valence-electron chi connectivity index (χ2n) is 11.7. The van der Waals surface area contributed by atoms with Gasteiger partial charge in [0, 0.05) is 22.8 Å². The molecule has 2 aromatic heterocycles. The molecule has 7 nitrogen and oxygen atoms in total. The lowest BCUT2D eigenvalue weighted by atomic mass is 9.75. The van der Waals surface area contributed by atoms with Gasteiger partial charge in [-0.15, -0.1) is 0 Å². The topological polar surface area (TPSA) is 93.2 Å². The van der Waals surface area contributed by atoms with E-state index in [1.807, 2.05) is 13.0 Å². The molecule has 2 unspecified atom stereocenters. The fraction of sp³-hybridized carbons (Fsp3) is 0.515. The van der Waals surface area contributed by atoms with Crippen molar-refractivity contribution in [3.8, 4) is 0 Å². The molecule has 2 amide bonds. The van der Waals surface area contributed by atoms with Gasteiger partial charge in [0.25, 0.3) is 5.91 Å². The fourth-order valence-corrected chi connectivity index (χ4v) is 6.27. The van der Waals surface area contributed by atoms with Gasteiger partial charge in [0.1, 0.15) is 0 Å². The molecule has 40 heavy (non-hydrogen) atoms. The normalized spacial score (nSPS) is 21.2. The molecule has 3 heterocycles. The van der Waals surface area contributed by atoms with Gasteiger partial charge >= 0.3 is 0 Å². The van der Waals surface area contributed by atoms with Crippen molar-refractivity contribution in [2.45, 2.75) is 84.5 Å². The summed E-state index contributed by atoms with van der Waals surface area (Å²) >= 11 is 0. The number of allylic oxidation sites excluding steroid dienone is 1. The Labute approximate surface area is 242 Å². The summed E-state index contributed by atoms with van der Waals surface area (Å²) < 4.78 is 5.51. The molecular formula is C33H48N4O3. The highest BCUT2D eigenvalue weighted by atomic mass is 16.5. The number of rotatable bonds is 8. The van der Waals surface area contributed by atoms with Gasteiger partial charge in [0.2, 0.25) is 5.91 Å². The van der Waals surface area contributed by atoms with Crippen LogP contribution in [0.25, 0.3) is 6.08 Å². The van der Waals surface area contributed by atoms with Crippen LogP contribution in [0.3, 0.4) is 0 Å². The van der Waals surface area contributed by atoms with Crippen LogP contribution in [0.2, 0.25) is 0 Å². The first kappa shape index (κ1) is 28.2. The van der Waals surface area contributed by atoms with Crippen molar-refractivity contribution >= 4 is 29.3 Å². The molecule has 1 fully saturated rings. The Balaban J connectivity index is 0.00000215. The van der Waals surface area contributed by atoms with Gasteiger partial charge in [-0.1, -0.05) is 52.0 Å². The van der Waals surface area contributed by atoms with Crippen LogP contribution in [-0.4, -0.2) is 35.0 Å². The lowest BCUT2D eigenvalue weighted by Crippen LogP contribution is -2.21. The van der Waals surface area contributed by atoms with Gasteiger partial charge in [-0.3, -0.25) is 19.6 Å². The van der Waals surface area contributed by atoms with Crippen molar-refractivity contribution in [2.75, 3.05) is 23.8 Å². The van der Waals surface area contributed by atoms with Crippen molar-refractivity contribution in [1.29, 1.82) is 0 Å². The third-order valence-corrected chi connectivity index (χ3v) is 8.89. The number of aryl methyl sites for hydroxylation is 1. The molecule has 2 aliphatic carbocycles. The van der Waals surface area contributed by atoms with Crippen molar-refractivity contribution in [2.24, 2.45) is 11.8 Å². The van der Waals surface area contributed by atoms with E-state index in [4.69, 9.17) is 9.72 Å². The minimum absolute atomic E-state index is 0. The van der Waals surface area contributed by atoms with Crippen LogP contribution in [0.4, 0.5) is 11.4 Å². The van der Waals surface area contributed by atoms with E-state index in [2.05, 4.69) is 41.6 Å². The quantitative estimate of drug-likeness (QED) is 0.349. The number of ether oxygens (including phenoxy) is 1. The minimum atomic E-state index is -0.248. The molecule has 0 spiro atoms. The molecule has 3 aliphatic rings. The Hall–Kier alpha value is -3.32. The molecule has 1 aliphatic heterocycles. The third kappa shape index (κ3) is 6.69. The number of nitrogens with zero attached hydrogens (tertiary/aromatic N) is 2. The van der Waals surface area contributed by atoms with Crippen LogP contribution in [0, 0.1) is 18.8 Å². The highest BCUT2D eigenvalue weighted by Crippen LogP contribution is 2.41. The summed E-state index contributed by atoms with van der Waals surface area (Å²) in [7, 11) is 0. The zero-order chi connectivity index (χ0) is 28.1. The van der Waals surface area contributed by atoms with E-state index in [0.29, 0.717) is 41.6 Å². The molecular weight excluding hydrogens is 500 g/mol. The number of anilines is 2. The molecule has 218 valence electrons. The average molecular weight is 549 g/mol. The number of hydrogen-bond donors (Lipinski definition) is 2. The molecule has 2 atom stereocenters. The number of carbonyl (C=O) groups excluding carboxylic acids is 2. The molecule has 7 heteroatoms. The van der Waals surface area contributed by atoms with E-state index in [9.17, 15) is 9.59 Å². The monoisotopic (exact) mass is 548 g/mol. The maximum absolute atomic E-state index is 13.3. The highest BCUT2D eigenvalue weighted by molar-refractivity contribution is 6.05. The van der Waals surface area contributed by atoms with Gasteiger partial charge in [0.15, 0.2) is 0 Å². The van der Waals surface area contributed by atoms with Gasteiger partial charge in [-0.2, -0.15) is 0 Å². The van der Waals surface area contributed by atoms with E-state index in [1.54, 1.807) is 18.5 Å². The Kier molecular flexibility index (Phi) is 9.10. The van der Waals surface area contributed by atoms with Crippen molar-refractivity contribution in [1.82, 2.24) is 9.97 Å². The number of amides is 2. The number of fused-ring (bicyclic) bond motifs is 1. The SMILES string of the molecule is Cc1ncc(NC(=O)CCCC2CCCCC2)cc1NC(=O)c1cnc2c(c1)C=C(C1=CCOCC1)C(C)C2C.[HH].[HH].[HH]. The molecule has 0 radical (unpaired) electrons. The van der Waals surface area contributed by atoms with Crippen molar-refractivity contribution < 1.29 is 18.6 Å². The number of pyridine rings is 2. The van der Waals surface area contributed by atoms with Crippen LogP contribution < -0.4 is 10.6 Å². The number of hydrogen-bond acceptors (Lipinski definition) is 5. The first-order valence-electron chi connectivity index (χ1n) is 15.0. The summed E-state index contributed by atoms with van der Waals surface area (Å²) in [6, 6.07) is 3.71. The Morgan fingerprint density at radius 2 is 1.88 bits per heavy atom. The van der Waals surface area contributed by atoms with E-state index in [1.165, 1.54) is 43.3 Å². The predicted molar refractivity (Wildman–Crippen MR) is 166 cm³/mol. The van der Waals surface area contributed by atoms with Crippen LogP contribution in [0.5, 0.6) is 0 Å². The molecule has 2 aromatic rings. The van der Waals surface area contributed by atoms with Crippen LogP contribution in [0.1, 0.15) is 109 Å². The summed E-state index contributed by atoms with van der Waals surface area (Å²) in [6.45, 7) is 7.68. The summed E-state index contributed by atoms with van der Waals surface area (Å²) in [4.78, 5) is 35.0. The summed E-state index contributed by atoms with van der Waals surface area (Å²) in [6.07, 6.45) is 17.7. The molecule has 5 rings (SSSR count). The second kappa shape index (κ2) is 12.9. The third-order valence-electron chi connectivity index (χ3n) is 8.89. The first-order chi connectivity index (χ1) is 19.4. The van der Waals surface area contributed by atoms with Gasteiger partial charge in [0.05, 0.1) is 47.7 Å². The number of carbonyl (C=O) groups is 2. The van der Waals surface area contributed by atoms with Crippen LogP contribution in [0.15, 0.2) is 41.7 Å². The number of aromatic nitrogens is 2. The van der Waals surface area contributed by atoms with Gasteiger partial charge in [-0.25, -0.2) is 0 Å². The maximum Gasteiger partial charge on any atom is 0.257 e. The second-order valence-corrected chi connectivity index (χ2v) is 11.7. The molecule has 0 aromatic carbocycles. The Morgan fingerprint density at radius 1 is 1.05 bits per heavy atom. The summed E-state index contributed by atoms with van der Waals surface area (Å²) in [5.74, 6) is 1.12. The molecule has 2 N–H and O–H groups in total. The first-order valence-corrected chi connectivity index (χ1v) is 15.0. The van der Waals surface area contributed by atoms with E-state index in [-0.39, 0.29) is 22.0 Å². The van der Waals surface area contributed by atoms with E-state index in [0.717, 1.165) is 43.0 Å². The van der Waals surface area contributed by atoms with E-state index >= 15 is 0 Å². The smallest absolute Gasteiger partial charge is 0.257 e. The fourth-order valence-electron chi connectivity index (χ4n) is 6.27. The van der Waals surface area contributed by atoms with Crippen molar-refractivity contribution in [3.05, 3.63) is 64.3 Å². The van der Waals surface area contributed by atoms with Crippen LogP contribution >= 0.6 is 0 Å². The molecule has 0 bridgehead atoms. The highest BCUT2D eigenvalue weighted by Gasteiger charge is 2.29.